The van der Waals surface area contributed by atoms with Crippen molar-refractivity contribution in [3.05, 3.63) is 48.0 Å². The molecule has 1 heteroatoms. The summed E-state index contributed by atoms with van der Waals surface area (Å²) >= 11 is 0. The van der Waals surface area contributed by atoms with Crippen molar-refractivity contribution >= 4 is 10.8 Å². The molecule has 0 aliphatic rings. The third-order valence-corrected chi connectivity index (χ3v) is 3.58. The molecule has 0 aromatic heterocycles. The molecular formula is C17H23N. The highest BCUT2D eigenvalue weighted by molar-refractivity contribution is 5.82. The molecule has 0 aliphatic heterocycles. The van der Waals surface area contributed by atoms with Crippen molar-refractivity contribution in [1.29, 1.82) is 0 Å². The molecular weight excluding hydrogens is 218 g/mol. The fourth-order valence-corrected chi connectivity index (χ4v) is 2.47. The van der Waals surface area contributed by atoms with Crippen molar-refractivity contribution in [2.75, 3.05) is 6.54 Å². The first kappa shape index (κ1) is 13.1. The lowest BCUT2D eigenvalue weighted by Gasteiger charge is -2.15. The minimum absolute atomic E-state index is 0.654. The van der Waals surface area contributed by atoms with Gasteiger partial charge < -0.3 is 5.32 Å². The van der Waals surface area contributed by atoms with Crippen molar-refractivity contribution < 1.29 is 0 Å². The minimum Gasteiger partial charge on any atom is -0.314 e. The Kier molecular flexibility index (Phi) is 4.77. The molecule has 2 rings (SSSR count). The second-order valence-electron chi connectivity index (χ2n) is 4.88. The maximum atomic E-state index is 3.54. The van der Waals surface area contributed by atoms with E-state index >= 15 is 0 Å². The number of aryl methyl sites for hydroxylation is 1. The van der Waals surface area contributed by atoms with Gasteiger partial charge in [0.25, 0.3) is 0 Å². The zero-order valence-corrected chi connectivity index (χ0v) is 11.4. The molecule has 18 heavy (non-hydrogen) atoms. The normalized spacial score (nSPS) is 12.8. The van der Waals surface area contributed by atoms with Gasteiger partial charge in [-0.2, -0.15) is 0 Å². The smallest absolute Gasteiger partial charge is 0.00674 e. The van der Waals surface area contributed by atoms with Crippen LogP contribution in [0, 0.1) is 0 Å². The van der Waals surface area contributed by atoms with Gasteiger partial charge >= 0.3 is 0 Å². The quantitative estimate of drug-likeness (QED) is 0.800. The molecule has 0 fully saturated rings. The molecule has 1 atom stereocenters. The Morgan fingerprint density at radius 1 is 1.00 bits per heavy atom. The van der Waals surface area contributed by atoms with Crippen LogP contribution in [0.2, 0.25) is 0 Å². The number of benzene rings is 2. The summed E-state index contributed by atoms with van der Waals surface area (Å²) in [5.74, 6) is 0. The summed E-state index contributed by atoms with van der Waals surface area (Å²) in [5, 5.41) is 6.23. The lowest BCUT2D eigenvalue weighted by Crippen LogP contribution is -2.28. The molecule has 0 aliphatic carbocycles. The summed E-state index contributed by atoms with van der Waals surface area (Å²) in [5.41, 5.74) is 1.45. The largest absolute Gasteiger partial charge is 0.314 e. The van der Waals surface area contributed by atoms with Gasteiger partial charge in [0.05, 0.1) is 0 Å². The molecule has 0 saturated carbocycles. The Balaban J connectivity index is 2.03. The van der Waals surface area contributed by atoms with E-state index in [1.807, 2.05) is 0 Å². The zero-order valence-electron chi connectivity index (χ0n) is 11.4. The lowest BCUT2D eigenvalue weighted by molar-refractivity contribution is 0.481. The van der Waals surface area contributed by atoms with Crippen molar-refractivity contribution in [3.63, 3.8) is 0 Å². The van der Waals surface area contributed by atoms with Crippen LogP contribution in [0.3, 0.4) is 0 Å². The third kappa shape index (κ3) is 3.33. The highest BCUT2D eigenvalue weighted by Crippen LogP contribution is 2.17. The van der Waals surface area contributed by atoms with E-state index in [4.69, 9.17) is 0 Å². The van der Waals surface area contributed by atoms with Gasteiger partial charge in [0.15, 0.2) is 0 Å². The van der Waals surface area contributed by atoms with E-state index in [2.05, 4.69) is 61.6 Å². The molecule has 0 spiro atoms. The molecule has 1 unspecified atom stereocenters. The Morgan fingerprint density at radius 3 is 2.50 bits per heavy atom. The van der Waals surface area contributed by atoms with Crippen molar-refractivity contribution in [2.24, 2.45) is 0 Å². The third-order valence-electron chi connectivity index (χ3n) is 3.58. The Labute approximate surface area is 110 Å². The molecule has 0 heterocycles. The molecule has 0 bridgehead atoms. The van der Waals surface area contributed by atoms with Crippen LogP contribution in [-0.2, 0) is 6.42 Å². The number of rotatable bonds is 6. The first-order valence-corrected chi connectivity index (χ1v) is 7.04. The summed E-state index contributed by atoms with van der Waals surface area (Å²) in [6.07, 6.45) is 3.60. The van der Waals surface area contributed by atoms with E-state index in [1.54, 1.807) is 0 Å². The first-order valence-electron chi connectivity index (χ1n) is 7.04. The Hall–Kier alpha value is -1.34. The molecule has 96 valence electrons. The molecule has 2 aromatic carbocycles. The van der Waals surface area contributed by atoms with Crippen molar-refractivity contribution in [1.82, 2.24) is 5.32 Å². The maximum absolute atomic E-state index is 3.54. The highest BCUT2D eigenvalue weighted by Gasteiger charge is 2.04. The zero-order chi connectivity index (χ0) is 12.8. The highest BCUT2D eigenvalue weighted by atomic mass is 14.9. The van der Waals surface area contributed by atoms with Crippen LogP contribution >= 0.6 is 0 Å². The van der Waals surface area contributed by atoms with Crippen LogP contribution in [0.1, 0.15) is 32.3 Å². The molecule has 2 aromatic rings. The van der Waals surface area contributed by atoms with E-state index in [1.165, 1.54) is 29.2 Å². The van der Waals surface area contributed by atoms with E-state index in [-0.39, 0.29) is 0 Å². The molecule has 0 amide bonds. The standard InChI is InChI=1S/C17H23N/c1-3-17(18-4-2)12-10-14-9-11-15-7-5-6-8-16(15)13-14/h5-9,11,13,17-18H,3-4,10,12H2,1-2H3. The Morgan fingerprint density at radius 2 is 1.78 bits per heavy atom. The van der Waals surface area contributed by atoms with Crippen LogP contribution in [0.5, 0.6) is 0 Å². The van der Waals surface area contributed by atoms with Crippen LogP contribution in [0.4, 0.5) is 0 Å². The van der Waals surface area contributed by atoms with E-state index in [0.29, 0.717) is 6.04 Å². The average molecular weight is 241 g/mol. The van der Waals surface area contributed by atoms with Gasteiger partial charge in [-0.05, 0) is 42.1 Å². The Bertz CT molecular complexity index is 490. The van der Waals surface area contributed by atoms with E-state index in [9.17, 15) is 0 Å². The van der Waals surface area contributed by atoms with Gasteiger partial charge in [-0.3, -0.25) is 0 Å². The average Bonchev–Trinajstić information content (AvgIpc) is 2.43. The van der Waals surface area contributed by atoms with Crippen LogP contribution < -0.4 is 5.32 Å². The van der Waals surface area contributed by atoms with Gasteiger partial charge in [0.1, 0.15) is 0 Å². The summed E-state index contributed by atoms with van der Waals surface area (Å²) in [4.78, 5) is 0. The van der Waals surface area contributed by atoms with Gasteiger partial charge in [-0.15, -0.1) is 0 Å². The summed E-state index contributed by atoms with van der Waals surface area (Å²) < 4.78 is 0. The monoisotopic (exact) mass is 241 g/mol. The first-order chi connectivity index (χ1) is 8.83. The predicted octanol–water partition coefficient (Wildman–Crippen LogP) is 4.16. The maximum Gasteiger partial charge on any atom is 0.00674 e. The molecule has 0 radical (unpaired) electrons. The number of fused-ring (bicyclic) bond motifs is 1. The number of hydrogen-bond acceptors (Lipinski definition) is 1. The summed E-state index contributed by atoms with van der Waals surface area (Å²) in [6.45, 7) is 5.50. The summed E-state index contributed by atoms with van der Waals surface area (Å²) in [7, 11) is 0. The van der Waals surface area contributed by atoms with E-state index < -0.39 is 0 Å². The molecule has 1 N–H and O–H groups in total. The predicted molar refractivity (Wildman–Crippen MR) is 80.0 cm³/mol. The summed E-state index contributed by atoms with van der Waals surface area (Å²) in [6, 6.07) is 16.1. The topological polar surface area (TPSA) is 12.0 Å². The second-order valence-corrected chi connectivity index (χ2v) is 4.88. The van der Waals surface area contributed by atoms with Gasteiger partial charge in [0.2, 0.25) is 0 Å². The SMILES string of the molecule is CCNC(CC)CCc1ccc2ccccc2c1. The minimum atomic E-state index is 0.654. The fraction of sp³-hybridized carbons (Fsp3) is 0.412. The van der Waals surface area contributed by atoms with Crippen molar-refractivity contribution in [3.8, 4) is 0 Å². The van der Waals surface area contributed by atoms with Crippen LogP contribution in [0.25, 0.3) is 10.8 Å². The second kappa shape index (κ2) is 6.55. The van der Waals surface area contributed by atoms with Gasteiger partial charge in [-0.25, -0.2) is 0 Å². The molecule has 0 saturated heterocycles. The van der Waals surface area contributed by atoms with Gasteiger partial charge in [-0.1, -0.05) is 56.3 Å². The van der Waals surface area contributed by atoms with Crippen LogP contribution in [-0.4, -0.2) is 12.6 Å². The molecule has 1 nitrogen and oxygen atoms in total. The van der Waals surface area contributed by atoms with Gasteiger partial charge in [0, 0.05) is 6.04 Å². The number of hydrogen-bond donors (Lipinski definition) is 1. The fourth-order valence-electron chi connectivity index (χ4n) is 2.47. The van der Waals surface area contributed by atoms with E-state index in [0.717, 1.165) is 13.0 Å². The number of nitrogens with one attached hydrogen (secondary N) is 1. The van der Waals surface area contributed by atoms with Crippen molar-refractivity contribution in [2.45, 2.75) is 39.2 Å². The van der Waals surface area contributed by atoms with Crippen LogP contribution in [0.15, 0.2) is 42.5 Å². The lowest BCUT2D eigenvalue weighted by atomic mass is 10.0.